The second-order valence-corrected chi connectivity index (χ2v) is 6.52. The molecule has 136 valence electrons. The monoisotopic (exact) mass is 378 g/mol. The van der Waals surface area contributed by atoms with Crippen LogP contribution in [0.5, 0.6) is 0 Å². The minimum Gasteiger partial charge on any atom is -0.341 e. The molecule has 0 aliphatic rings. The third-order valence-electron chi connectivity index (χ3n) is 4.10. The highest BCUT2D eigenvalue weighted by molar-refractivity contribution is 6.39. The summed E-state index contributed by atoms with van der Waals surface area (Å²) in [4.78, 5) is 24.7. The Labute approximate surface area is 163 Å². The molecule has 1 atom stereocenters. The van der Waals surface area contributed by atoms with Gasteiger partial charge in [0.15, 0.2) is 0 Å². The summed E-state index contributed by atoms with van der Waals surface area (Å²) in [7, 11) is 0. The standard InChI is InChI=1S/C22H19ClN2O2/c23-18-11-13-19(14-12-18)24-21(26)22(27)25-20(17-9-5-2-6-10-17)15-16-7-3-1-4-8-16/h1-14,20H,15H2,(H,24,26)(H,25,27)/t20-/m0/s1. The van der Waals surface area contributed by atoms with Crippen LogP contribution in [-0.4, -0.2) is 11.8 Å². The van der Waals surface area contributed by atoms with E-state index in [2.05, 4.69) is 10.6 Å². The van der Waals surface area contributed by atoms with Crippen LogP contribution in [0.15, 0.2) is 84.9 Å². The first kappa shape index (κ1) is 18.7. The second-order valence-electron chi connectivity index (χ2n) is 6.09. The van der Waals surface area contributed by atoms with Gasteiger partial charge in [0.25, 0.3) is 0 Å². The number of nitrogens with one attached hydrogen (secondary N) is 2. The zero-order valence-corrected chi connectivity index (χ0v) is 15.3. The highest BCUT2D eigenvalue weighted by Crippen LogP contribution is 2.19. The fourth-order valence-corrected chi connectivity index (χ4v) is 2.86. The number of halogens is 1. The Bertz CT molecular complexity index is 897. The Morgan fingerprint density at radius 2 is 1.37 bits per heavy atom. The lowest BCUT2D eigenvalue weighted by Gasteiger charge is -2.19. The first-order valence-corrected chi connectivity index (χ1v) is 8.96. The Kier molecular flexibility index (Phi) is 6.23. The maximum atomic E-state index is 12.4. The van der Waals surface area contributed by atoms with Gasteiger partial charge >= 0.3 is 11.8 Å². The summed E-state index contributed by atoms with van der Waals surface area (Å²) in [5, 5.41) is 5.98. The number of rotatable bonds is 5. The Morgan fingerprint density at radius 3 is 2.00 bits per heavy atom. The summed E-state index contributed by atoms with van der Waals surface area (Å²) < 4.78 is 0. The van der Waals surface area contributed by atoms with Gasteiger partial charge in [-0.25, -0.2) is 0 Å². The van der Waals surface area contributed by atoms with E-state index in [1.807, 2.05) is 60.7 Å². The van der Waals surface area contributed by atoms with E-state index >= 15 is 0 Å². The summed E-state index contributed by atoms with van der Waals surface area (Å²) in [6, 6.07) is 25.7. The molecule has 0 aromatic heterocycles. The molecule has 4 nitrogen and oxygen atoms in total. The van der Waals surface area contributed by atoms with Gasteiger partial charge in [0, 0.05) is 10.7 Å². The van der Waals surface area contributed by atoms with Gasteiger partial charge in [0.05, 0.1) is 6.04 Å². The van der Waals surface area contributed by atoms with E-state index in [1.165, 1.54) is 0 Å². The lowest BCUT2D eigenvalue weighted by atomic mass is 9.99. The van der Waals surface area contributed by atoms with Crippen molar-refractivity contribution in [2.24, 2.45) is 0 Å². The van der Waals surface area contributed by atoms with Crippen LogP contribution in [0.4, 0.5) is 5.69 Å². The first-order chi connectivity index (χ1) is 13.1. The van der Waals surface area contributed by atoms with Crippen molar-refractivity contribution in [2.45, 2.75) is 12.5 Å². The zero-order chi connectivity index (χ0) is 19.1. The zero-order valence-electron chi connectivity index (χ0n) is 14.6. The maximum absolute atomic E-state index is 12.4. The molecule has 0 radical (unpaired) electrons. The molecule has 0 aliphatic heterocycles. The summed E-state index contributed by atoms with van der Waals surface area (Å²) in [5.41, 5.74) is 2.53. The van der Waals surface area contributed by atoms with Crippen LogP contribution >= 0.6 is 11.6 Å². The number of amides is 2. The van der Waals surface area contributed by atoms with E-state index in [4.69, 9.17) is 11.6 Å². The molecular formula is C22H19ClN2O2. The second kappa shape index (κ2) is 9.01. The molecular weight excluding hydrogens is 360 g/mol. The average Bonchev–Trinajstić information content (AvgIpc) is 2.70. The summed E-state index contributed by atoms with van der Waals surface area (Å²) in [6.45, 7) is 0. The van der Waals surface area contributed by atoms with Gasteiger partial charge in [0.2, 0.25) is 0 Å². The number of benzene rings is 3. The lowest BCUT2D eigenvalue weighted by Crippen LogP contribution is -2.38. The summed E-state index contributed by atoms with van der Waals surface area (Å²) in [6.07, 6.45) is 0.588. The molecule has 2 amide bonds. The number of carbonyl (C=O) groups excluding carboxylic acids is 2. The summed E-state index contributed by atoms with van der Waals surface area (Å²) in [5.74, 6) is -1.40. The molecule has 0 spiro atoms. The van der Waals surface area contributed by atoms with E-state index in [-0.39, 0.29) is 6.04 Å². The minimum atomic E-state index is -0.716. The van der Waals surface area contributed by atoms with E-state index in [1.54, 1.807) is 24.3 Å². The van der Waals surface area contributed by atoms with Crippen LogP contribution in [0.3, 0.4) is 0 Å². The predicted molar refractivity (Wildman–Crippen MR) is 108 cm³/mol. The number of hydrogen-bond donors (Lipinski definition) is 2. The normalized spacial score (nSPS) is 11.4. The van der Waals surface area contributed by atoms with Crippen molar-refractivity contribution in [2.75, 3.05) is 5.32 Å². The van der Waals surface area contributed by atoms with E-state index in [0.29, 0.717) is 17.1 Å². The molecule has 0 aliphatic carbocycles. The largest absolute Gasteiger partial charge is 0.341 e. The molecule has 0 saturated heterocycles. The van der Waals surface area contributed by atoms with Gasteiger partial charge in [-0.1, -0.05) is 72.3 Å². The van der Waals surface area contributed by atoms with Crippen LogP contribution in [0, 0.1) is 0 Å². The van der Waals surface area contributed by atoms with Crippen LogP contribution in [-0.2, 0) is 16.0 Å². The van der Waals surface area contributed by atoms with Crippen molar-refractivity contribution in [1.82, 2.24) is 5.32 Å². The molecule has 3 aromatic rings. The van der Waals surface area contributed by atoms with Gasteiger partial charge in [-0.05, 0) is 41.8 Å². The maximum Gasteiger partial charge on any atom is 0.313 e. The number of hydrogen-bond acceptors (Lipinski definition) is 2. The van der Waals surface area contributed by atoms with Crippen LogP contribution in [0.25, 0.3) is 0 Å². The van der Waals surface area contributed by atoms with Crippen molar-refractivity contribution >= 4 is 29.1 Å². The van der Waals surface area contributed by atoms with E-state index in [9.17, 15) is 9.59 Å². The van der Waals surface area contributed by atoms with E-state index < -0.39 is 11.8 Å². The lowest BCUT2D eigenvalue weighted by molar-refractivity contribution is -0.136. The van der Waals surface area contributed by atoms with Crippen molar-refractivity contribution in [3.8, 4) is 0 Å². The minimum absolute atomic E-state index is 0.308. The molecule has 0 saturated carbocycles. The number of anilines is 1. The van der Waals surface area contributed by atoms with Crippen LogP contribution < -0.4 is 10.6 Å². The molecule has 3 aromatic carbocycles. The van der Waals surface area contributed by atoms with E-state index in [0.717, 1.165) is 11.1 Å². The van der Waals surface area contributed by atoms with Gasteiger partial charge < -0.3 is 10.6 Å². The Morgan fingerprint density at radius 1 is 0.778 bits per heavy atom. The fraction of sp³-hybridized carbons (Fsp3) is 0.0909. The molecule has 0 bridgehead atoms. The highest BCUT2D eigenvalue weighted by atomic mass is 35.5. The van der Waals surface area contributed by atoms with Gasteiger partial charge in [-0.15, -0.1) is 0 Å². The third-order valence-corrected chi connectivity index (χ3v) is 4.35. The smallest absolute Gasteiger partial charge is 0.313 e. The average molecular weight is 379 g/mol. The number of carbonyl (C=O) groups is 2. The molecule has 3 rings (SSSR count). The molecule has 0 unspecified atom stereocenters. The molecule has 2 N–H and O–H groups in total. The van der Waals surface area contributed by atoms with Crippen molar-refractivity contribution in [3.63, 3.8) is 0 Å². The highest BCUT2D eigenvalue weighted by Gasteiger charge is 2.20. The molecule has 0 fully saturated rings. The van der Waals surface area contributed by atoms with Crippen LogP contribution in [0.1, 0.15) is 17.2 Å². The van der Waals surface area contributed by atoms with Gasteiger partial charge in [-0.3, -0.25) is 9.59 Å². The quantitative estimate of drug-likeness (QED) is 0.647. The topological polar surface area (TPSA) is 58.2 Å². The first-order valence-electron chi connectivity index (χ1n) is 8.58. The van der Waals surface area contributed by atoms with Crippen molar-refractivity contribution < 1.29 is 9.59 Å². The molecule has 0 heterocycles. The van der Waals surface area contributed by atoms with Gasteiger partial charge in [-0.2, -0.15) is 0 Å². The Hall–Kier alpha value is -3.11. The van der Waals surface area contributed by atoms with Crippen molar-refractivity contribution in [1.29, 1.82) is 0 Å². The van der Waals surface area contributed by atoms with Crippen molar-refractivity contribution in [3.05, 3.63) is 101 Å². The Balaban J connectivity index is 1.71. The molecule has 27 heavy (non-hydrogen) atoms. The van der Waals surface area contributed by atoms with Crippen LogP contribution in [0.2, 0.25) is 5.02 Å². The predicted octanol–water partition coefficient (Wildman–Crippen LogP) is 4.38. The fourth-order valence-electron chi connectivity index (χ4n) is 2.73. The van der Waals surface area contributed by atoms with Gasteiger partial charge in [0.1, 0.15) is 0 Å². The molecule has 5 heteroatoms. The SMILES string of the molecule is O=C(Nc1ccc(Cl)cc1)C(=O)N[C@@H](Cc1ccccc1)c1ccccc1. The third kappa shape index (κ3) is 5.43. The summed E-state index contributed by atoms with van der Waals surface area (Å²) >= 11 is 5.83.